The van der Waals surface area contributed by atoms with Crippen LogP contribution in [0.25, 0.3) is 0 Å². The third-order valence-electron chi connectivity index (χ3n) is 0.836. The molecule has 1 rings (SSSR count). The van der Waals surface area contributed by atoms with E-state index in [4.69, 9.17) is 5.11 Å². The number of imidazole rings is 1. The molecule has 12 heavy (non-hydrogen) atoms. The van der Waals surface area contributed by atoms with Gasteiger partial charge in [-0.25, -0.2) is 9.78 Å². The fourth-order valence-corrected chi connectivity index (χ4v) is 0.405. The molecule has 0 aliphatic rings. The molecule has 68 valence electrons. The van der Waals surface area contributed by atoms with Gasteiger partial charge in [0.05, 0.1) is 12.9 Å². The van der Waals surface area contributed by atoms with Crippen LogP contribution in [0.2, 0.25) is 0 Å². The van der Waals surface area contributed by atoms with Gasteiger partial charge in [-0.3, -0.25) is 0 Å². The van der Waals surface area contributed by atoms with Crippen LogP contribution >= 0.6 is 0 Å². The lowest BCUT2D eigenvalue weighted by Crippen LogP contribution is -1.99. The van der Waals surface area contributed by atoms with Crippen LogP contribution in [0.1, 0.15) is 13.3 Å². The maximum absolute atomic E-state index is 9.54. The van der Waals surface area contributed by atoms with Crippen LogP contribution in [0.15, 0.2) is 18.7 Å². The molecular formula is C7H12N2O3. The largest absolute Gasteiger partial charge is 0.505 e. The molecule has 5 heteroatoms. The van der Waals surface area contributed by atoms with E-state index in [9.17, 15) is 4.79 Å². The van der Waals surface area contributed by atoms with E-state index < -0.39 is 6.16 Å². The highest BCUT2D eigenvalue weighted by Crippen LogP contribution is 1.78. The van der Waals surface area contributed by atoms with Crippen molar-refractivity contribution in [1.29, 1.82) is 0 Å². The second-order valence-corrected chi connectivity index (χ2v) is 1.87. The number of carbonyl (C=O) groups is 1. The Kier molecular flexibility index (Phi) is 6.62. The lowest BCUT2D eigenvalue weighted by Gasteiger charge is -1.91. The highest BCUT2D eigenvalue weighted by atomic mass is 16.7. The van der Waals surface area contributed by atoms with E-state index in [1.807, 2.05) is 6.92 Å². The van der Waals surface area contributed by atoms with Crippen molar-refractivity contribution in [3.8, 4) is 0 Å². The molecule has 5 nitrogen and oxygen atoms in total. The van der Waals surface area contributed by atoms with Gasteiger partial charge in [0.25, 0.3) is 0 Å². The number of nitrogens with one attached hydrogen (secondary N) is 1. The lowest BCUT2D eigenvalue weighted by molar-refractivity contribution is 0.0918. The SMILES string of the molecule is CCCOC(=O)O.c1c[nH]cn1. The minimum absolute atomic E-state index is 0.301. The summed E-state index contributed by atoms with van der Waals surface area (Å²) in [5, 5.41) is 7.82. The predicted molar refractivity (Wildman–Crippen MR) is 42.9 cm³/mol. The molecule has 0 aliphatic heterocycles. The molecule has 0 fully saturated rings. The van der Waals surface area contributed by atoms with Gasteiger partial charge in [0, 0.05) is 12.4 Å². The Morgan fingerprint density at radius 3 is 2.67 bits per heavy atom. The normalized spacial score (nSPS) is 8.08. The first-order valence-corrected chi connectivity index (χ1v) is 3.55. The number of aromatic nitrogens is 2. The number of nitrogens with zero attached hydrogens (tertiary/aromatic N) is 1. The van der Waals surface area contributed by atoms with E-state index in [-0.39, 0.29) is 0 Å². The third-order valence-corrected chi connectivity index (χ3v) is 0.836. The Morgan fingerprint density at radius 1 is 1.75 bits per heavy atom. The minimum atomic E-state index is -1.19. The first kappa shape index (κ1) is 10.5. The Hall–Kier alpha value is -1.52. The Bertz CT molecular complexity index is 169. The quantitative estimate of drug-likeness (QED) is 0.663. The number of carboxylic acid groups (broad SMARTS) is 1. The third kappa shape index (κ3) is 8.48. The average molecular weight is 172 g/mol. The van der Waals surface area contributed by atoms with E-state index in [0.29, 0.717) is 6.61 Å². The summed E-state index contributed by atoms with van der Waals surface area (Å²) < 4.78 is 4.11. The van der Waals surface area contributed by atoms with Crippen LogP contribution in [0.4, 0.5) is 4.79 Å². The van der Waals surface area contributed by atoms with Crippen LogP contribution in [0, 0.1) is 0 Å². The number of rotatable bonds is 2. The standard InChI is InChI=1S/C4H8O3.C3H4N2/c1-2-3-7-4(5)6;1-2-5-3-4-1/h2-3H2,1H3,(H,5,6);1-3H,(H,4,5). The Labute approximate surface area is 70.4 Å². The van der Waals surface area contributed by atoms with Gasteiger partial charge in [0.2, 0.25) is 0 Å². The van der Waals surface area contributed by atoms with E-state index in [2.05, 4.69) is 14.7 Å². The molecule has 0 radical (unpaired) electrons. The molecule has 0 bridgehead atoms. The molecule has 0 spiro atoms. The number of H-pyrrole nitrogens is 1. The van der Waals surface area contributed by atoms with Crippen LogP contribution in [0.5, 0.6) is 0 Å². The van der Waals surface area contributed by atoms with Crippen molar-refractivity contribution in [3.63, 3.8) is 0 Å². The van der Waals surface area contributed by atoms with E-state index >= 15 is 0 Å². The molecule has 0 aromatic carbocycles. The molecule has 0 saturated carbocycles. The maximum atomic E-state index is 9.54. The average Bonchev–Trinajstić information content (AvgIpc) is 2.57. The zero-order valence-electron chi connectivity index (χ0n) is 6.86. The molecule has 0 atom stereocenters. The molecule has 0 saturated heterocycles. The second kappa shape index (κ2) is 7.59. The van der Waals surface area contributed by atoms with Crippen molar-refractivity contribution in [3.05, 3.63) is 18.7 Å². The van der Waals surface area contributed by atoms with Crippen molar-refractivity contribution in [2.75, 3.05) is 6.61 Å². The number of ether oxygens (including phenoxy) is 1. The van der Waals surface area contributed by atoms with Crippen molar-refractivity contribution >= 4 is 6.16 Å². The Morgan fingerprint density at radius 2 is 2.50 bits per heavy atom. The zero-order chi connectivity index (χ0) is 9.23. The minimum Gasteiger partial charge on any atom is -0.450 e. The van der Waals surface area contributed by atoms with Gasteiger partial charge in [0.1, 0.15) is 0 Å². The van der Waals surface area contributed by atoms with E-state index in [0.717, 1.165) is 6.42 Å². The van der Waals surface area contributed by atoms with Crippen molar-refractivity contribution in [1.82, 2.24) is 9.97 Å². The molecule has 1 aromatic heterocycles. The highest BCUT2D eigenvalue weighted by molar-refractivity contribution is 5.56. The monoisotopic (exact) mass is 172 g/mol. The smallest absolute Gasteiger partial charge is 0.450 e. The van der Waals surface area contributed by atoms with Gasteiger partial charge in [-0.2, -0.15) is 0 Å². The van der Waals surface area contributed by atoms with Gasteiger partial charge in [0.15, 0.2) is 0 Å². The first-order chi connectivity index (χ1) is 5.77. The van der Waals surface area contributed by atoms with Crippen LogP contribution in [0.3, 0.4) is 0 Å². The maximum Gasteiger partial charge on any atom is 0.505 e. The van der Waals surface area contributed by atoms with Gasteiger partial charge in [-0.1, -0.05) is 6.92 Å². The number of hydrogen-bond donors (Lipinski definition) is 2. The molecule has 0 aliphatic carbocycles. The van der Waals surface area contributed by atoms with Crippen LogP contribution in [-0.4, -0.2) is 27.8 Å². The predicted octanol–water partition coefficient (Wildman–Crippen LogP) is 1.50. The van der Waals surface area contributed by atoms with Crippen LogP contribution < -0.4 is 0 Å². The van der Waals surface area contributed by atoms with Crippen molar-refractivity contribution in [2.45, 2.75) is 13.3 Å². The highest BCUT2D eigenvalue weighted by Gasteiger charge is 1.89. The van der Waals surface area contributed by atoms with Gasteiger partial charge in [-0.05, 0) is 6.42 Å². The molecule has 0 unspecified atom stereocenters. The summed E-state index contributed by atoms with van der Waals surface area (Å²) in [5.74, 6) is 0. The summed E-state index contributed by atoms with van der Waals surface area (Å²) in [7, 11) is 0. The summed E-state index contributed by atoms with van der Waals surface area (Å²) >= 11 is 0. The van der Waals surface area contributed by atoms with Crippen molar-refractivity contribution < 1.29 is 14.6 Å². The Balaban J connectivity index is 0.000000211. The first-order valence-electron chi connectivity index (χ1n) is 3.55. The van der Waals surface area contributed by atoms with Gasteiger partial charge in [-0.15, -0.1) is 0 Å². The summed E-state index contributed by atoms with van der Waals surface area (Å²) in [4.78, 5) is 16.0. The summed E-state index contributed by atoms with van der Waals surface area (Å²) in [6.45, 7) is 2.15. The van der Waals surface area contributed by atoms with Crippen LogP contribution in [-0.2, 0) is 4.74 Å². The zero-order valence-corrected chi connectivity index (χ0v) is 6.86. The topological polar surface area (TPSA) is 75.2 Å². The molecule has 0 amide bonds. The number of hydrogen-bond acceptors (Lipinski definition) is 3. The fraction of sp³-hybridized carbons (Fsp3) is 0.429. The van der Waals surface area contributed by atoms with E-state index in [1.165, 1.54) is 0 Å². The van der Waals surface area contributed by atoms with E-state index in [1.54, 1.807) is 18.7 Å². The van der Waals surface area contributed by atoms with Gasteiger partial charge < -0.3 is 14.8 Å². The lowest BCUT2D eigenvalue weighted by atomic mass is 10.5. The molecule has 2 N–H and O–H groups in total. The molecule has 1 heterocycles. The summed E-state index contributed by atoms with van der Waals surface area (Å²) in [5.41, 5.74) is 0. The summed E-state index contributed by atoms with van der Waals surface area (Å²) in [6, 6.07) is 0. The number of aromatic amines is 1. The van der Waals surface area contributed by atoms with Gasteiger partial charge >= 0.3 is 6.16 Å². The fourth-order valence-electron chi connectivity index (χ4n) is 0.405. The molecule has 1 aromatic rings. The molecular weight excluding hydrogens is 160 g/mol. The second-order valence-electron chi connectivity index (χ2n) is 1.87. The summed E-state index contributed by atoms with van der Waals surface area (Å²) in [6.07, 6.45) is 4.63. The van der Waals surface area contributed by atoms with Crippen molar-refractivity contribution in [2.24, 2.45) is 0 Å².